The lowest BCUT2D eigenvalue weighted by Gasteiger charge is -2.27. The van der Waals surface area contributed by atoms with Crippen LogP contribution in [0.2, 0.25) is 0 Å². The van der Waals surface area contributed by atoms with Gasteiger partial charge in [-0.15, -0.1) is 0 Å². The van der Waals surface area contributed by atoms with Crippen molar-refractivity contribution in [3.05, 3.63) is 58.6 Å². The molecule has 0 aliphatic carbocycles. The van der Waals surface area contributed by atoms with E-state index in [0.29, 0.717) is 24.8 Å². The third-order valence-electron chi connectivity index (χ3n) is 4.24. The van der Waals surface area contributed by atoms with E-state index in [2.05, 4.69) is 20.0 Å². The average molecular weight is 337 g/mol. The minimum Gasteiger partial charge on any atom is -0.378 e. The summed E-state index contributed by atoms with van der Waals surface area (Å²) >= 11 is 0. The van der Waals surface area contributed by atoms with Crippen LogP contribution >= 0.6 is 0 Å². The molecule has 0 unspecified atom stereocenters. The van der Waals surface area contributed by atoms with Gasteiger partial charge < -0.3 is 9.64 Å². The number of benzene rings is 1. The van der Waals surface area contributed by atoms with Crippen LogP contribution in [0.5, 0.6) is 0 Å². The number of ether oxygens (including phenoxy) is 1. The molecule has 1 aromatic carbocycles. The monoisotopic (exact) mass is 337 g/mol. The molecule has 1 fully saturated rings. The van der Waals surface area contributed by atoms with Crippen molar-refractivity contribution in [2.45, 2.75) is 6.92 Å². The highest BCUT2D eigenvalue weighted by Crippen LogP contribution is 2.21. The Balaban J connectivity index is 1.73. The molecular formula is C18H19N5O2. The second-order valence-corrected chi connectivity index (χ2v) is 5.98. The molecule has 0 amide bonds. The number of aromatic nitrogens is 4. The van der Waals surface area contributed by atoms with Gasteiger partial charge >= 0.3 is 5.69 Å². The Morgan fingerprint density at radius 3 is 2.64 bits per heavy atom. The fourth-order valence-corrected chi connectivity index (χ4v) is 2.97. The van der Waals surface area contributed by atoms with Crippen LogP contribution in [-0.2, 0) is 4.74 Å². The highest BCUT2D eigenvalue weighted by molar-refractivity contribution is 5.59. The number of aromatic amines is 1. The van der Waals surface area contributed by atoms with Crippen LogP contribution in [0.25, 0.3) is 17.1 Å². The summed E-state index contributed by atoms with van der Waals surface area (Å²) in [6.45, 7) is 4.70. The maximum atomic E-state index is 12.0. The maximum absolute atomic E-state index is 12.0. The van der Waals surface area contributed by atoms with Gasteiger partial charge in [0.1, 0.15) is 11.6 Å². The Kier molecular flexibility index (Phi) is 4.07. The highest BCUT2D eigenvalue weighted by Gasteiger charge is 2.16. The molecule has 3 aromatic rings. The van der Waals surface area contributed by atoms with Crippen LogP contribution in [0.1, 0.15) is 5.69 Å². The van der Waals surface area contributed by atoms with Crippen LogP contribution in [-0.4, -0.2) is 46.1 Å². The molecule has 3 heterocycles. The van der Waals surface area contributed by atoms with E-state index in [1.807, 2.05) is 49.4 Å². The Bertz CT molecular complexity index is 926. The number of morpholine rings is 1. The lowest BCUT2D eigenvalue weighted by molar-refractivity contribution is 0.122. The summed E-state index contributed by atoms with van der Waals surface area (Å²) in [4.78, 5) is 21.0. The topological polar surface area (TPSA) is 76.0 Å². The second-order valence-electron chi connectivity index (χ2n) is 5.98. The summed E-state index contributed by atoms with van der Waals surface area (Å²) in [5, 5.41) is 4.65. The lowest BCUT2D eigenvalue weighted by Crippen LogP contribution is -2.38. The molecule has 0 bridgehead atoms. The number of rotatable bonds is 3. The first-order chi connectivity index (χ1) is 12.2. The van der Waals surface area contributed by atoms with E-state index in [1.165, 1.54) is 0 Å². The van der Waals surface area contributed by atoms with Crippen molar-refractivity contribution >= 4 is 5.82 Å². The van der Waals surface area contributed by atoms with Crippen molar-refractivity contribution < 1.29 is 4.74 Å². The molecule has 7 nitrogen and oxygen atoms in total. The molecule has 0 spiro atoms. The van der Waals surface area contributed by atoms with Crippen molar-refractivity contribution in [1.29, 1.82) is 0 Å². The normalized spacial score (nSPS) is 14.7. The number of anilines is 1. The van der Waals surface area contributed by atoms with Crippen molar-refractivity contribution in [1.82, 2.24) is 19.7 Å². The van der Waals surface area contributed by atoms with E-state index in [4.69, 9.17) is 4.74 Å². The van der Waals surface area contributed by atoms with E-state index >= 15 is 0 Å². The summed E-state index contributed by atoms with van der Waals surface area (Å²) in [6, 6.07) is 13.8. The SMILES string of the molecule is Cc1cc(-c2ccccc2)nn1-c1cc(N2CCOCC2)nc(=O)[nH]1. The molecule has 0 saturated carbocycles. The van der Waals surface area contributed by atoms with E-state index in [1.54, 1.807) is 4.68 Å². The van der Waals surface area contributed by atoms with Crippen LogP contribution in [0.4, 0.5) is 5.82 Å². The van der Waals surface area contributed by atoms with Crippen molar-refractivity contribution in [3.8, 4) is 17.1 Å². The molecule has 128 valence electrons. The van der Waals surface area contributed by atoms with Gasteiger partial charge in [-0.2, -0.15) is 10.1 Å². The molecule has 2 aromatic heterocycles. The zero-order valence-corrected chi connectivity index (χ0v) is 14.0. The molecule has 1 N–H and O–H groups in total. The van der Waals surface area contributed by atoms with E-state index < -0.39 is 0 Å². The van der Waals surface area contributed by atoms with E-state index in [9.17, 15) is 4.79 Å². The molecule has 7 heteroatoms. The number of aryl methyl sites for hydroxylation is 1. The first-order valence-electron chi connectivity index (χ1n) is 8.27. The van der Waals surface area contributed by atoms with Gasteiger partial charge in [0.2, 0.25) is 0 Å². The smallest absolute Gasteiger partial charge is 0.348 e. The number of hydrogen-bond acceptors (Lipinski definition) is 5. The molecule has 1 aliphatic heterocycles. The van der Waals surface area contributed by atoms with E-state index in [-0.39, 0.29) is 5.69 Å². The van der Waals surface area contributed by atoms with Crippen LogP contribution in [0.3, 0.4) is 0 Å². The molecule has 4 rings (SSSR count). The van der Waals surface area contributed by atoms with Crippen LogP contribution in [0.15, 0.2) is 47.3 Å². The average Bonchev–Trinajstić information content (AvgIpc) is 3.04. The Hall–Kier alpha value is -2.93. The summed E-state index contributed by atoms with van der Waals surface area (Å²) < 4.78 is 7.11. The Morgan fingerprint density at radius 2 is 1.88 bits per heavy atom. The highest BCUT2D eigenvalue weighted by atomic mass is 16.5. The van der Waals surface area contributed by atoms with Gasteiger partial charge in [0, 0.05) is 30.4 Å². The minimum atomic E-state index is -0.379. The zero-order valence-electron chi connectivity index (χ0n) is 14.0. The quantitative estimate of drug-likeness (QED) is 0.788. The number of H-pyrrole nitrogens is 1. The van der Waals surface area contributed by atoms with E-state index in [0.717, 1.165) is 30.0 Å². The summed E-state index contributed by atoms with van der Waals surface area (Å²) in [5.74, 6) is 1.26. The molecular weight excluding hydrogens is 318 g/mol. The second kappa shape index (κ2) is 6.52. The molecule has 1 aliphatic rings. The molecule has 0 atom stereocenters. The summed E-state index contributed by atoms with van der Waals surface area (Å²) in [6.07, 6.45) is 0. The van der Waals surface area contributed by atoms with Crippen molar-refractivity contribution in [2.24, 2.45) is 0 Å². The number of hydrogen-bond donors (Lipinski definition) is 1. The lowest BCUT2D eigenvalue weighted by atomic mass is 10.1. The van der Waals surface area contributed by atoms with Gasteiger partial charge in [0.25, 0.3) is 0 Å². The van der Waals surface area contributed by atoms with Crippen molar-refractivity contribution in [2.75, 3.05) is 31.2 Å². The predicted octanol–water partition coefficient (Wildman–Crippen LogP) is 1.77. The Morgan fingerprint density at radius 1 is 1.12 bits per heavy atom. The molecule has 25 heavy (non-hydrogen) atoms. The fraction of sp³-hybridized carbons (Fsp3) is 0.278. The van der Waals surface area contributed by atoms with Crippen LogP contribution < -0.4 is 10.6 Å². The van der Waals surface area contributed by atoms with Gasteiger partial charge in [0.05, 0.1) is 18.9 Å². The third-order valence-corrected chi connectivity index (χ3v) is 4.24. The first-order valence-corrected chi connectivity index (χ1v) is 8.27. The molecule has 1 saturated heterocycles. The number of nitrogens with zero attached hydrogens (tertiary/aromatic N) is 4. The Labute approximate surface area is 144 Å². The zero-order chi connectivity index (χ0) is 17.2. The van der Waals surface area contributed by atoms with Gasteiger partial charge in [-0.05, 0) is 13.0 Å². The maximum Gasteiger partial charge on any atom is 0.348 e. The summed E-state index contributed by atoms with van der Waals surface area (Å²) in [7, 11) is 0. The van der Waals surface area contributed by atoms with Gasteiger partial charge in [0.15, 0.2) is 0 Å². The molecule has 0 radical (unpaired) electrons. The van der Waals surface area contributed by atoms with Crippen LogP contribution in [0, 0.1) is 6.92 Å². The summed E-state index contributed by atoms with van der Waals surface area (Å²) in [5.41, 5.74) is 2.46. The first kappa shape index (κ1) is 15.6. The third kappa shape index (κ3) is 3.18. The predicted molar refractivity (Wildman–Crippen MR) is 95.2 cm³/mol. The standard InChI is InChI=1S/C18H19N5O2/c1-13-11-15(14-5-3-2-4-6-14)21-23(13)17-12-16(19-18(24)20-17)22-7-9-25-10-8-22/h2-6,11-12H,7-10H2,1H3,(H,19,20,24). The van der Waals surface area contributed by atoms with Gasteiger partial charge in [-0.25, -0.2) is 9.48 Å². The largest absolute Gasteiger partial charge is 0.378 e. The fourth-order valence-electron chi connectivity index (χ4n) is 2.97. The minimum absolute atomic E-state index is 0.379. The number of nitrogens with one attached hydrogen (secondary N) is 1. The van der Waals surface area contributed by atoms with Gasteiger partial charge in [-0.1, -0.05) is 30.3 Å². The van der Waals surface area contributed by atoms with Crippen molar-refractivity contribution in [3.63, 3.8) is 0 Å². The van der Waals surface area contributed by atoms with Gasteiger partial charge in [-0.3, -0.25) is 4.98 Å².